The average molecular weight is 361 g/mol. The first-order valence-electron chi connectivity index (χ1n) is 9.98. The van der Waals surface area contributed by atoms with Crippen molar-refractivity contribution in [1.82, 2.24) is 9.80 Å². The van der Waals surface area contributed by atoms with Crippen molar-refractivity contribution in [3.05, 3.63) is 35.4 Å². The topological polar surface area (TPSA) is 32.8 Å². The second-order valence-corrected chi connectivity index (χ2v) is 8.54. The zero-order valence-electron chi connectivity index (χ0n) is 17.6. The van der Waals surface area contributed by atoms with E-state index in [0.29, 0.717) is 12.1 Å². The summed E-state index contributed by atoms with van der Waals surface area (Å²) in [6, 6.07) is 9.71. The predicted molar refractivity (Wildman–Crippen MR) is 107 cm³/mol. The maximum atomic E-state index is 12.7. The molecular formula is C22H36N2O2. The molecule has 0 radical (unpaired) electrons. The number of nitrogens with zero attached hydrogens (tertiary/aromatic N) is 2. The Kier molecular flexibility index (Phi) is 6.73. The first-order valence-corrected chi connectivity index (χ1v) is 9.98. The van der Waals surface area contributed by atoms with Crippen LogP contribution < -0.4 is 0 Å². The van der Waals surface area contributed by atoms with Gasteiger partial charge in [-0.05, 0) is 53.0 Å². The van der Waals surface area contributed by atoms with Crippen molar-refractivity contribution in [3.63, 3.8) is 0 Å². The zero-order chi connectivity index (χ0) is 19.5. The van der Waals surface area contributed by atoms with Crippen molar-refractivity contribution in [1.29, 1.82) is 0 Å². The van der Waals surface area contributed by atoms with Gasteiger partial charge in [-0.2, -0.15) is 0 Å². The Morgan fingerprint density at radius 1 is 1.12 bits per heavy atom. The van der Waals surface area contributed by atoms with Crippen molar-refractivity contribution in [2.75, 3.05) is 13.1 Å². The number of aryl methyl sites for hydroxylation is 1. The SMILES string of the molecule is CC[C@H]1CN(C(C)c2ccc(C)cc2)[C@H](CC)CN1C(=O)OC(C)(C)C. The quantitative estimate of drug-likeness (QED) is 0.743. The molecule has 0 bridgehead atoms. The molecule has 0 aliphatic carbocycles. The molecule has 26 heavy (non-hydrogen) atoms. The van der Waals surface area contributed by atoms with Crippen LogP contribution in [0.15, 0.2) is 24.3 Å². The van der Waals surface area contributed by atoms with Crippen LogP contribution in [-0.4, -0.2) is 46.7 Å². The molecule has 4 heteroatoms. The Morgan fingerprint density at radius 2 is 1.69 bits per heavy atom. The molecule has 1 aliphatic rings. The van der Waals surface area contributed by atoms with Crippen molar-refractivity contribution in [2.45, 2.75) is 85.0 Å². The third kappa shape index (κ3) is 5.00. The van der Waals surface area contributed by atoms with E-state index in [1.165, 1.54) is 11.1 Å². The molecule has 0 aromatic heterocycles. The van der Waals surface area contributed by atoms with Gasteiger partial charge in [0.05, 0.1) is 0 Å². The maximum absolute atomic E-state index is 12.7. The smallest absolute Gasteiger partial charge is 0.410 e. The third-order valence-electron chi connectivity index (χ3n) is 5.37. The molecule has 1 aromatic rings. The largest absolute Gasteiger partial charge is 0.444 e. The Hall–Kier alpha value is -1.55. The molecule has 1 saturated heterocycles. The lowest BCUT2D eigenvalue weighted by atomic mass is 9.97. The van der Waals surface area contributed by atoms with Gasteiger partial charge in [0.15, 0.2) is 0 Å². The van der Waals surface area contributed by atoms with Gasteiger partial charge in [0.2, 0.25) is 0 Å². The van der Waals surface area contributed by atoms with Crippen LogP contribution >= 0.6 is 0 Å². The lowest BCUT2D eigenvalue weighted by Crippen LogP contribution is -2.60. The summed E-state index contributed by atoms with van der Waals surface area (Å²) in [6.45, 7) is 16.2. The van der Waals surface area contributed by atoms with Crippen molar-refractivity contribution >= 4 is 6.09 Å². The van der Waals surface area contributed by atoms with E-state index in [4.69, 9.17) is 4.74 Å². The number of benzene rings is 1. The van der Waals surface area contributed by atoms with Gasteiger partial charge in [-0.1, -0.05) is 43.7 Å². The van der Waals surface area contributed by atoms with Crippen LogP contribution in [-0.2, 0) is 4.74 Å². The number of hydrogen-bond donors (Lipinski definition) is 0. The molecule has 1 amide bonds. The molecule has 2 rings (SSSR count). The fourth-order valence-corrected chi connectivity index (χ4v) is 3.74. The monoisotopic (exact) mass is 360 g/mol. The number of rotatable bonds is 4. The molecule has 4 nitrogen and oxygen atoms in total. The summed E-state index contributed by atoms with van der Waals surface area (Å²) in [5, 5.41) is 0. The molecule has 1 unspecified atom stereocenters. The van der Waals surface area contributed by atoms with Crippen LogP contribution in [0.4, 0.5) is 4.79 Å². The van der Waals surface area contributed by atoms with Crippen LogP contribution in [0, 0.1) is 6.92 Å². The van der Waals surface area contributed by atoms with Gasteiger partial charge in [0.1, 0.15) is 5.60 Å². The Morgan fingerprint density at radius 3 is 2.19 bits per heavy atom. The minimum absolute atomic E-state index is 0.176. The van der Waals surface area contributed by atoms with E-state index < -0.39 is 5.60 Å². The molecule has 0 spiro atoms. The number of amides is 1. The highest BCUT2D eigenvalue weighted by Gasteiger charge is 2.38. The molecule has 1 fully saturated rings. The summed E-state index contributed by atoms with van der Waals surface area (Å²) < 4.78 is 5.66. The van der Waals surface area contributed by atoms with Gasteiger partial charge >= 0.3 is 6.09 Å². The molecule has 1 aliphatic heterocycles. The molecule has 0 N–H and O–H groups in total. The van der Waals surface area contributed by atoms with Gasteiger partial charge < -0.3 is 9.64 Å². The number of ether oxygens (including phenoxy) is 1. The van der Waals surface area contributed by atoms with Gasteiger partial charge in [-0.25, -0.2) is 4.79 Å². The highest BCUT2D eigenvalue weighted by Crippen LogP contribution is 2.30. The minimum Gasteiger partial charge on any atom is -0.444 e. The predicted octanol–water partition coefficient (Wildman–Crippen LogP) is 5.17. The summed E-state index contributed by atoms with van der Waals surface area (Å²) in [6.07, 6.45) is 1.78. The van der Waals surface area contributed by atoms with Gasteiger partial charge in [-0.3, -0.25) is 4.90 Å². The summed E-state index contributed by atoms with van der Waals surface area (Å²) >= 11 is 0. The van der Waals surface area contributed by atoms with E-state index in [9.17, 15) is 4.79 Å². The van der Waals surface area contributed by atoms with Crippen LogP contribution in [0.1, 0.15) is 71.6 Å². The molecule has 0 saturated carbocycles. The second kappa shape index (κ2) is 8.43. The standard InChI is InChI=1S/C22H36N2O2/c1-8-19-15-24(21(25)26-22(5,6)7)20(9-2)14-23(19)17(4)18-12-10-16(3)11-13-18/h10-13,17,19-20H,8-9,14-15H2,1-7H3/t17?,19-,20+/m1/s1. The normalized spacial score (nSPS) is 23.0. The summed E-state index contributed by atoms with van der Waals surface area (Å²) in [5.74, 6) is 0. The lowest BCUT2D eigenvalue weighted by molar-refractivity contribution is -0.0268. The van der Waals surface area contributed by atoms with Crippen molar-refractivity contribution in [2.24, 2.45) is 0 Å². The van der Waals surface area contributed by atoms with Gasteiger partial charge in [0.25, 0.3) is 0 Å². The summed E-state index contributed by atoms with van der Waals surface area (Å²) in [7, 11) is 0. The van der Waals surface area contributed by atoms with E-state index in [1.807, 2.05) is 25.7 Å². The van der Waals surface area contributed by atoms with E-state index in [0.717, 1.165) is 25.9 Å². The van der Waals surface area contributed by atoms with Gasteiger partial charge in [-0.15, -0.1) is 0 Å². The molecule has 1 heterocycles. The maximum Gasteiger partial charge on any atom is 0.410 e. The fraction of sp³-hybridized carbons (Fsp3) is 0.682. The summed E-state index contributed by atoms with van der Waals surface area (Å²) in [5.41, 5.74) is 2.17. The van der Waals surface area contributed by atoms with E-state index in [-0.39, 0.29) is 12.1 Å². The highest BCUT2D eigenvalue weighted by molar-refractivity contribution is 5.68. The van der Waals surface area contributed by atoms with Crippen LogP contribution in [0.5, 0.6) is 0 Å². The first-order chi connectivity index (χ1) is 12.2. The second-order valence-electron chi connectivity index (χ2n) is 8.54. The molecule has 1 aromatic carbocycles. The number of carbonyl (C=O) groups excluding carboxylic acids is 1. The van der Waals surface area contributed by atoms with Crippen LogP contribution in [0.2, 0.25) is 0 Å². The third-order valence-corrected chi connectivity index (χ3v) is 5.37. The Balaban J connectivity index is 2.18. The van der Waals surface area contributed by atoms with E-state index >= 15 is 0 Å². The summed E-state index contributed by atoms with van der Waals surface area (Å²) in [4.78, 5) is 17.2. The molecule has 3 atom stereocenters. The first kappa shape index (κ1) is 20.8. The molecular weight excluding hydrogens is 324 g/mol. The Bertz CT molecular complexity index is 591. The average Bonchev–Trinajstić information content (AvgIpc) is 2.59. The van der Waals surface area contributed by atoms with Crippen molar-refractivity contribution < 1.29 is 9.53 Å². The minimum atomic E-state index is -0.455. The molecule has 146 valence electrons. The highest BCUT2D eigenvalue weighted by atomic mass is 16.6. The lowest BCUT2D eigenvalue weighted by Gasteiger charge is -2.48. The van der Waals surface area contributed by atoms with Crippen molar-refractivity contribution in [3.8, 4) is 0 Å². The number of piperazine rings is 1. The fourth-order valence-electron chi connectivity index (χ4n) is 3.74. The zero-order valence-corrected chi connectivity index (χ0v) is 17.6. The van der Waals surface area contributed by atoms with E-state index in [2.05, 4.69) is 56.9 Å². The van der Waals surface area contributed by atoms with Gasteiger partial charge in [0, 0.05) is 31.2 Å². The Labute approximate surface area is 159 Å². The van der Waals surface area contributed by atoms with Crippen LogP contribution in [0.3, 0.4) is 0 Å². The number of carbonyl (C=O) groups is 1. The number of hydrogen-bond acceptors (Lipinski definition) is 3. The van der Waals surface area contributed by atoms with Crippen LogP contribution in [0.25, 0.3) is 0 Å². The van der Waals surface area contributed by atoms with E-state index in [1.54, 1.807) is 0 Å².